The first-order valence-electron chi connectivity index (χ1n) is 11.0. The Bertz CT molecular complexity index is 1400. The molecule has 4 heterocycles. The van der Waals surface area contributed by atoms with Crippen molar-refractivity contribution < 1.29 is 23.1 Å². The molecule has 1 aliphatic carbocycles. The third-order valence-corrected chi connectivity index (χ3v) is 6.88. The second-order valence-corrected chi connectivity index (χ2v) is 9.36. The number of anilines is 1. The molecule has 5 rings (SSSR count). The molecular weight excluding hydrogens is 487 g/mol. The predicted octanol–water partition coefficient (Wildman–Crippen LogP) is 3.08. The number of aromatic nitrogens is 3. The van der Waals surface area contributed by atoms with Gasteiger partial charge in [-0.1, -0.05) is 18.5 Å². The third kappa shape index (κ3) is 4.12. The molecule has 1 amide bonds. The van der Waals surface area contributed by atoms with Crippen molar-refractivity contribution in [3.8, 4) is 5.82 Å². The second-order valence-electron chi connectivity index (χ2n) is 8.95. The smallest absolute Gasteiger partial charge is 0.388 e. The zero-order chi connectivity index (χ0) is 25.1. The Balaban J connectivity index is 1.64. The maximum Gasteiger partial charge on any atom is 0.408 e. The van der Waals surface area contributed by atoms with Gasteiger partial charge in [0.25, 0.3) is 5.91 Å². The lowest BCUT2D eigenvalue weighted by atomic mass is 10.1. The van der Waals surface area contributed by atoms with E-state index in [0.717, 1.165) is 12.6 Å². The number of pyridine rings is 3. The highest BCUT2D eigenvalue weighted by molar-refractivity contribution is 6.32. The molecule has 2 fully saturated rings. The van der Waals surface area contributed by atoms with Gasteiger partial charge in [0.15, 0.2) is 11.5 Å². The molecule has 3 atom stereocenters. The Kier molecular flexibility index (Phi) is 5.52. The minimum absolute atomic E-state index is 0.0197. The molecule has 0 aromatic carbocycles. The largest absolute Gasteiger partial charge is 0.408 e. The minimum Gasteiger partial charge on any atom is -0.388 e. The van der Waals surface area contributed by atoms with Crippen LogP contribution in [-0.4, -0.2) is 56.5 Å². The predicted molar refractivity (Wildman–Crippen MR) is 123 cm³/mol. The number of halogens is 4. The van der Waals surface area contributed by atoms with Crippen LogP contribution in [0.2, 0.25) is 5.02 Å². The molecule has 12 heteroatoms. The average Bonchev–Trinajstić information content (AvgIpc) is 3.32. The van der Waals surface area contributed by atoms with Crippen molar-refractivity contribution in [2.45, 2.75) is 37.6 Å². The number of hydrogen-bond donors (Lipinski definition) is 2. The maximum atomic E-state index is 13.2. The normalized spacial score (nSPS) is 22.2. The topological polar surface area (TPSA) is 100 Å². The first kappa shape index (κ1) is 23.6. The summed E-state index contributed by atoms with van der Waals surface area (Å²) in [6, 6.07) is 4.10. The summed E-state index contributed by atoms with van der Waals surface area (Å²) < 4.78 is 41.0. The number of carbonyl (C=O) groups excluding carboxylic acids is 1. The van der Waals surface area contributed by atoms with Crippen LogP contribution in [0.1, 0.15) is 30.1 Å². The number of carbonyl (C=O) groups is 1. The molecule has 8 nitrogen and oxygen atoms in total. The molecule has 1 aliphatic heterocycles. The number of fused-ring (bicyclic) bond motifs is 2. The molecule has 0 radical (unpaired) electrons. The highest BCUT2D eigenvalue weighted by Gasteiger charge is 2.59. The number of piperidine rings is 1. The highest BCUT2D eigenvalue weighted by atomic mass is 35.5. The van der Waals surface area contributed by atoms with Crippen LogP contribution in [0.15, 0.2) is 41.5 Å². The number of hydrogen-bond acceptors (Lipinski definition) is 6. The maximum absolute atomic E-state index is 13.2. The van der Waals surface area contributed by atoms with E-state index in [1.807, 2.05) is 10.2 Å². The highest BCUT2D eigenvalue weighted by Crippen LogP contribution is 2.50. The van der Waals surface area contributed by atoms with E-state index in [9.17, 15) is 27.9 Å². The van der Waals surface area contributed by atoms with Crippen LogP contribution in [0.5, 0.6) is 0 Å². The van der Waals surface area contributed by atoms with E-state index in [1.54, 1.807) is 18.2 Å². The SMILES string of the molecule is CCC(NC(=O)c1cn(-c2ncccc2Cl)c2nc(N3CC4CC4(O)C3)ccc2c1=O)C(F)(F)F. The van der Waals surface area contributed by atoms with E-state index < -0.39 is 41.1 Å². The van der Waals surface area contributed by atoms with E-state index in [1.165, 1.54) is 23.8 Å². The molecule has 2 N–H and O–H groups in total. The van der Waals surface area contributed by atoms with Crippen molar-refractivity contribution in [1.29, 1.82) is 0 Å². The van der Waals surface area contributed by atoms with Gasteiger partial charge in [0.05, 0.1) is 16.0 Å². The molecule has 2 aliphatic rings. The Morgan fingerprint density at radius 3 is 2.77 bits per heavy atom. The number of rotatable bonds is 5. The van der Waals surface area contributed by atoms with Crippen LogP contribution in [-0.2, 0) is 0 Å². The zero-order valence-corrected chi connectivity index (χ0v) is 19.3. The molecule has 0 bridgehead atoms. The number of nitrogens with one attached hydrogen (secondary N) is 1. The summed E-state index contributed by atoms with van der Waals surface area (Å²) in [5, 5.41) is 12.5. The van der Waals surface area contributed by atoms with E-state index >= 15 is 0 Å². The van der Waals surface area contributed by atoms with E-state index in [0.29, 0.717) is 18.9 Å². The number of alkyl halides is 3. The number of nitrogens with zero attached hydrogens (tertiary/aromatic N) is 4. The van der Waals surface area contributed by atoms with Crippen LogP contribution in [0.25, 0.3) is 16.9 Å². The van der Waals surface area contributed by atoms with Crippen LogP contribution in [0.3, 0.4) is 0 Å². The van der Waals surface area contributed by atoms with Crippen molar-refractivity contribution in [2.24, 2.45) is 5.92 Å². The Labute approximate surface area is 202 Å². The zero-order valence-electron chi connectivity index (χ0n) is 18.5. The lowest BCUT2D eigenvalue weighted by Gasteiger charge is -2.22. The van der Waals surface area contributed by atoms with Gasteiger partial charge >= 0.3 is 6.18 Å². The monoisotopic (exact) mass is 507 g/mol. The first-order valence-corrected chi connectivity index (χ1v) is 11.4. The summed E-state index contributed by atoms with van der Waals surface area (Å²) in [7, 11) is 0. The fourth-order valence-electron chi connectivity index (χ4n) is 4.53. The molecule has 3 unspecified atom stereocenters. The van der Waals surface area contributed by atoms with Crippen LogP contribution >= 0.6 is 11.6 Å². The van der Waals surface area contributed by atoms with Crippen molar-refractivity contribution in [3.05, 3.63) is 57.5 Å². The summed E-state index contributed by atoms with van der Waals surface area (Å²) in [6.45, 7) is 2.30. The molecule has 0 spiro atoms. The van der Waals surface area contributed by atoms with Crippen molar-refractivity contribution in [3.63, 3.8) is 0 Å². The van der Waals surface area contributed by atoms with Gasteiger partial charge in [0.1, 0.15) is 17.4 Å². The van der Waals surface area contributed by atoms with Crippen LogP contribution in [0, 0.1) is 5.92 Å². The molecule has 1 saturated carbocycles. The summed E-state index contributed by atoms with van der Waals surface area (Å²) in [4.78, 5) is 36.7. The lowest BCUT2D eigenvalue weighted by Crippen LogP contribution is -2.46. The van der Waals surface area contributed by atoms with Crippen LogP contribution in [0.4, 0.5) is 19.0 Å². The van der Waals surface area contributed by atoms with Gasteiger partial charge in [-0.15, -0.1) is 0 Å². The average molecular weight is 508 g/mol. The van der Waals surface area contributed by atoms with E-state index in [4.69, 9.17) is 11.6 Å². The molecule has 3 aromatic heterocycles. The Morgan fingerprint density at radius 1 is 1.37 bits per heavy atom. The van der Waals surface area contributed by atoms with Crippen molar-refractivity contribution in [2.75, 3.05) is 18.0 Å². The fourth-order valence-corrected chi connectivity index (χ4v) is 4.74. The van der Waals surface area contributed by atoms with Crippen molar-refractivity contribution >= 4 is 34.4 Å². The van der Waals surface area contributed by atoms with Gasteiger partial charge in [-0.05, 0) is 37.1 Å². The third-order valence-electron chi connectivity index (χ3n) is 6.59. The van der Waals surface area contributed by atoms with Gasteiger partial charge in [0.2, 0.25) is 5.43 Å². The number of amides is 1. The number of aliphatic hydroxyl groups is 1. The standard InChI is InChI=1S/C23H21ClF3N5O3/c1-2-16(23(25,26)27)29-21(34)14-10-32(20-15(24)4-3-7-28-20)19-13(18(14)33)5-6-17(30-19)31-9-12-8-22(12,35)11-31/h3-7,10,12,16,35H,2,8-9,11H2,1H3,(H,29,34). The molecule has 35 heavy (non-hydrogen) atoms. The molecule has 184 valence electrons. The quantitative estimate of drug-likeness (QED) is 0.550. The van der Waals surface area contributed by atoms with Gasteiger partial charge in [-0.25, -0.2) is 9.97 Å². The van der Waals surface area contributed by atoms with Crippen LogP contribution < -0.4 is 15.6 Å². The molecular formula is C23H21ClF3N5O3. The first-order chi connectivity index (χ1) is 16.5. The molecule has 1 saturated heterocycles. The fraction of sp³-hybridized carbons (Fsp3) is 0.391. The van der Waals surface area contributed by atoms with Gasteiger partial charge in [-0.2, -0.15) is 13.2 Å². The number of β-amino-alcohol motifs (C(OH)–C–C–N with tert-alkyl or cyclic N) is 1. The minimum atomic E-state index is -4.67. The summed E-state index contributed by atoms with van der Waals surface area (Å²) in [5.41, 5.74) is -1.84. The summed E-state index contributed by atoms with van der Waals surface area (Å²) >= 11 is 6.33. The molecule has 3 aromatic rings. The van der Waals surface area contributed by atoms with E-state index in [2.05, 4.69) is 9.97 Å². The lowest BCUT2D eigenvalue weighted by molar-refractivity contribution is -0.153. The van der Waals surface area contributed by atoms with Gasteiger partial charge in [-0.3, -0.25) is 14.2 Å². The van der Waals surface area contributed by atoms with E-state index in [-0.39, 0.29) is 27.8 Å². The van der Waals surface area contributed by atoms with Gasteiger partial charge < -0.3 is 15.3 Å². The Hall–Kier alpha value is -3.18. The summed E-state index contributed by atoms with van der Waals surface area (Å²) in [5.74, 6) is -0.325. The second kappa shape index (κ2) is 8.20. The summed E-state index contributed by atoms with van der Waals surface area (Å²) in [6.07, 6.45) is -1.75. The Morgan fingerprint density at radius 2 is 2.14 bits per heavy atom. The van der Waals surface area contributed by atoms with Gasteiger partial charge in [0, 0.05) is 31.4 Å². The van der Waals surface area contributed by atoms with Crippen molar-refractivity contribution in [1.82, 2.24) is 19.9 Å².